The lowest BCUT2D eigenvalue weighted by atomic mass is 9.99. The van der Waals surface area contributed by atoms with Gasteiger partial charge in [-0.15, -0.1) is 0 Å². The maximum absolute atomic E-state index is 13.3. The van der Waals surface area contributed by atoms with Crippen molar-refractivity contribution in [3.63, 3.8) is 0 Å². The van der Waals surface area contributed by atoms with E-state index in [-0.39, 0.29) is 24.6 Å². The maximum atomic E-state index is 13.3. The second-order valence-electron chi connectivity index (χ2n) is 9.72. The monoisotopic (exact) mass is 571 g/mol. The van der Waals surface area contributed by atoms with Gasteiger partial charge in [0.25, 0.3) is 5.91 Å². The van der Waals surface area contributed by atoms with Crippen molar-refractivity contribution in [3.8, 4) is 11.8 Å². The predicted molar refractivity (Wildman–Crippen MR) is 148 cm³/mol. The SMILES string of the molecule is O=C(NCC#Cc1cnc(C(F)(F)F)nc1)C(=O)NCc1ccccc1C(=O)NC1(c2ccc3ccccc3c2)CC1. The van der Waals surface area contributed by atoms with Crippen LogP contribution < -0.4 is 16.0 Å². The van der Waals surface area contributed by atoms with Gasteiger partial charge in [-0.05, 0) is 46.9 Å². The van der Waals surface area contributed by atoms with E-state index in [1.165, 1.54) is 0 Å². The van der Waals surface area contributed by atoms with Crippen LogP contribution in [0.2, 0.25) is 0 Å². The number of fused-ring (bicyclic) bond motifs is 1. The van der Waals surface area contributed by atoms with E-state index in [4.69, 9.17) is 0 Å². The first-order valence-corrected chi connectivity index (χ1v) is 13.0. The molecule has 1 saturated carbocycles. The van der Waals surface area contributed by atoms with Crippen LogP contribution in [0.4, 0.5) is 13.2 Å². The van der Waals surface area contributed by atoms with Crippen molar-refractivity contribution in [2.45, 2.75) is 31.1 Å². The summed E-state index contributed by atoms with van der Waals surface area (Å²) in [7, 11) is 0. The molecular weight excluding hydrogens is 547 g/mol. The van der Waals surface area contributed by atoms with Gasteiger partial charge >= 0.3 is 18.0 Å². The predicted octanol–water partition coefficient (Wildman–Crippen LogP) is 3.85. The third-order valence-electron chi connectivity index (χ3n) is 6.79. The Morgan fingerprint density at radius 1 is 0.857 bits per heavy atom. The minimum absolute atomic E-state index is 0.0621. The molecule has 4 aromatic rings. The maximum Gasteiger partial charge on any atom is 0.451 e. The first kappa shape index (κ1) is 28.3. The molecule has 3 N–H and O–H groups in total. The van der Waals surface area contributed by atoms with Crippen LogP contribution in [0, 0.1) is 11.8 Å². The van der Waals surface area contributed by atoms with Gasteiger partial charge in [0.2, 0.25) is 5.82 Å². The summed E-state index contributed by atoms with van der Waals surface area (Å²) in [5.74, 6) is 1.57. The molecule has 5 rings (SSSR count). The summed E-state index contributed by atoms with van der Waals surface area (Å²) >= 11 is 0. The van der Waals surface area contributed by atoms with E-state index in [9.17, 15) is 27.6 Å². The third-order valence-corrected chi connectivity index (χ3v) is 6.79. The third kappa shape index (κ3) is 6.55. The molecule has 3 amide bonds. The number of hydrogen-bond acceptors (Lipinski definition) is 5. The summed E-state index contributed by atoms with van der Waals surface area (Å²) in [6.45, 7) is -0.295. The van der Waals surface area contributed by atoms with Gasteiger partial charge in [0.1, 0.15) is 0 Å². The van der Waals surface area contributed by atoms with Crippen LogP contribution in [0.1, 0.15) is 45.7 Å². The number of nitrogens with zero attached hydrogens (tertiary/aromatic N) is 2. The number of halogens is 3. The Morgan fingerprint density at radius 3 is 2.24 bits per heavy atom. The number of alkyl halides is 3. The number of aromatic nitrogens is 2. The molecule has 212 valence electrons. The zero-order valence-corrected chi connectivity index (χ0v) is 22.1. The number of nitrogens with one attached hydrogen (secondary N) is 3. The molecule has 0 spiro atoms. The first-order chi connectivity index (χ1) is 20.1. The molecule has 1 fully saturated rings. The molecule has 1 heterocycles. The summed E-state index contributed by atoms with van der Waals surface area (Å²) in [5.41, 5.74) is 1.61. The topological polar surface area (TPSA) is 113 Å². The van der Waals surface area contributed by atoms with Crippen LogP contribution >= 0.6 is 0 Å². The number of rotatable bonds is 6. The Bertz CT molecular complexity index is 1720. The van der Waals surface area contributed by atoms with E-state index >= 15 is 0 Å². The molecule has 0 atom stereocenters. The second kappa shape index (κ2) is 11.7. The lowest BCUT2D eigenvalue weighted by Crippen LogP contribution is -2.40. The molecule has 0 aliphatic heterocycles. The number of carbonyl (C=O) groups is 3. The first-order valence-electron chi connectivity index (χ1n) is 13.0. The number of hydrogen-bond donors (Lipinski definition) is 3. The average molecular weight is 572 g/mol. The van der Waals surface area contributed by atoms with Crippen LogP contribution in [0.15, 0.2) is 79.1 Å². The van der Waals surface area contributed by atoms with Crippen molar-refractivity contribution < 1.29 is 27.6 Å². The van der Waals surface area contributed by atoms with Gasteiger partial charge in [-0.2, -0.15) is 13.2 Å². The summed E-state index contributed by atoms with van der Waals surface area (Å²) < 4.78 is 37.6. The molecule has 8 nitrogen and oxygen atoms in total. The lowest BCUT2D eigenvalue weighted by molar-refractivity contribution is -0.145. The summed E-state index contributed by atoms with van der Waals surface area (Å²) in [6.07, 6.45) is -1.21. The summed E-state index contributed by atoms with van der Waals surface area (Å²) in [5, 5.41) is 10.2. The molecule has 0 radical (unpaired) electrons. The van der Waals surface area contributed by atoms with Crippen molar-refractivity contribution in [2.24, 2.45) is 0 Å². The molecule has 1 aromatic heterocycles. The van der Waals surface area contributed by atoms with E-state index in [2.05, 4.69) is 43.8 Å². The van der Waals surface area contributed by atoms with E-state index < -0.39 is 29.4 Å². The van der Waals surface area contributed by atoms with E-state index in [0.717, 1.165) is 41.6 Å². The fourth-order valence-corrected chi connectivity index (χ4v) is 4.42. The van der Waals surface area contributed by atoms with E-state index in [0.29, 0.717) is 11.1 Å². The van der Waals surface area contributed by atoms with Crippen LogP contribution in [0.25, 0.3) is 10.8 Å². The molecular formula is C31H24F3N5O3. The molecule has 1 aliphatic carbocycles. The Hall–Kier alpha value is -5.24. The van der Waals surface area contributed by atoms with Gasteiger partial charge in [0, 0.05) is 24.5 Å². The highest BCUT2D eigenvalue weighted by atomic mass is 19.4. The molecule has 3 aromatic carbocycles. The zero-order valence-electron chi connectivity index (χ0n) is 22.1. The smallest absolute Gasteiger partial charge is 0.344 e. The van der Waals surface area contributed by atoms with Gasteiger partial charge in [-0.25, -0.2) is 9.97 Å². The van der Waals surface area contributed by atoms with Crippen molar-refractivity contribution in [3.05, 3.63) is 107 Å². The Kier molecular flexibility index (Phi) is 7.88. The van der Waals surface area contributed by atoms with Crippen molar-refractivity contribution in [2.75, 3.05) is 6.54 Å². The Labute approximate surface area is 238 Å². The highest BCUT2D eigenvalue weighted by Crippen LogP contribution is 2.46. The van der Waals surface area contributed by atoms with Gasteiger partial charge < -0.3 is 16.0 Å². The van der Waals surface area contributed by atoms with Crippen LogP contribution in [-0.2, 0) is 27.8 Å². The quantitative estimate of drug-likeness (QED) is 0.240. The van der Waals surface area contributed by atoms with Gasteiger partial charge in [-0.1, -0.05) is 66.4 Å². The second-order valence-corrected chi connectivity index (χ2v) is 9.72. The number of amides is 3. The molecule has 1 aliphatic rings. The number of benzene rings is 3. The van der Waals surface area contributed by atoms with Gasteiger partial charge in [0.05, 0.1) is 17.6 Å². The van der Waals surface area contributed by atoms with E-state index in [1.807, 2.05) is 36.4 Å². The number of carbonyl (C=O) groups excluding carboxylic acids is 3. The average Bonchev–Trinajstić information content (AvgIpc) is 3.78. The van der Waals surface area contributed by atoms with Crippen molar-refractivity contribution >= 4 is 28.5 Å². The minimum atomic E-state index is -4.66. The Balaban J connectivity index is 1.15. The molecule has 0 unspecified atom stereocenters. The minimum Gasteiger partial charge on any atom is -0.344 e. The van der Waals surface area contributed by atoms with Crippen LogP contribution in [-0.4, -0.2) is 34.2 Å². The van der Waals surface area contributed by atoms with Crippen LogP contribution in [0.3, 0.4) is 0 Å². The normalized spacial score (nSPS) is 13.4. The zero-order chi connectivity index (χ0) is 29.7. The summed E-state index contributed by atoms with van der Waals surface area (Å²) in [4.78, 5) is 44.2. The highest BCUT2D eigenvalue weighted by Gasteiger charge is 2.46. The van der Waals surface area contributed by atoms with Crippen molar-refractivity contribution in [1.82, 2.24) is 25.9 Å². The Morgan fingerprint density at radius 2 is 1.52 bits per heavy atom. The molecule has 11 heteroatoms. The highest BCUT2D eigenvalue weighted by molar-refractivity contribution is 6.35. The largest absolute Gasteiger partial charge is 0.451 e. The fourth-order valence-electron chi connectivity index (χ4n) is 4.42. The van der Waals surface area contributed by atoms with Crippen molar-refractivity contribution in [1.29, 1.82) is 0 Å². The molecule has 0 bridgehead atoms. The molecule has 0 saturated heterocycles. The fraction of sp³-hybridized carbons (Fsp3) is 0.194. The summed E-state index contributed by atoms with van der Waals surface area (Å²) in [6, 6.07) is 21.0. The van der Waals surface area contributed by atoms with Crippen LogP contribution in [0.5, 0.6) is 0 Å². The standard InChI is InChI=1S/C31H24F3N5O3/c32-31(33,34)29-37-17-20(18-38-29)6-5-15-35-27(41)28(42)36-19-23-9-3-4-10-25(23)26(40)39-30(13-14-30)24-12-11-21-7-1-2-8-22(21)16-24/h1-4,7-12,16-18H,13-15,19H2,(H,35,41)(H,36,42)(H,39,40). The van der Waals surface area contributed by atoms with Gasteiger partial charge in [0.15, 0.2) is 0 Å². The lowest BCUT2D eigenvalue weighted by Gasteiger charge is -2.20. The van der Waals surface area contributed by atoms with E-state index in [1.54, 1.807) is 24.3 Å². The molecule has 42 heavy (non-hydrogen) atoms. The van der Waals surface area contributed by atoms with Gasteiger partial charge in [-0.3, -0.25) is 14.4 Å².